The van der Waals surface area contributed by atoms with Crippen molar-refractivity contribution in [1.82, 2.24) is 15.6 Å². The van der Waals surface area contributed by atoms with Crippen molar-refractivity contribution in [3.63, 3.8) is 0 Å². The van der Waals surface area contributed by atoms with E-state index in [1.807, 2.05) is 18.3 Å². The van der Waals surface area contributed by atoms with E-state index < -0.39 is 0 Å². The second kappa shape index (κ2) is 8.48. The molecule has 2 N–H and O–H groups in total. The molecule has 1 aliphatic rings. The molecule has 25 heavy (non-hydrogen) atoms. The van der Waals surface area contributed by atoms with Crippen LogP contribution in [0, 0.1) is 0 Å². The van der Waals surface area contributed by atoms with Crippen LogP contribution in [-0.2, 0) is 24.2 Å². The Kier molecular flexibility index (Phi) is 5.85. The second-order valence-corrected chi connectivity index (χ2v) is 6.07. The maximum absolute atomic E-state index is 11.6. The molecule has 2 amide bonds. The van der Waals surface area contributed by atoms with Crippen LogP contribution < -0.4 is 15.5 Å². The molecular weight excluding hydrogens is 316 g/mol. The topological polar surface area (TPSA) is 66.5 Å². The van der Waals surface area contributed by atoms with Crippen molar-refractivity contribution in [2.75, 3.05) is 31.7 Å². The minimum atomic E-state index is -0.200. The number of hydrogen-bond donors (Lipinski definition) is 2. The van der Waals surface area contributed by atoms with E-state index in [9.17, 15) is 4.79 Å². The van der Waals surface area contributed by atoms with E-state index in [-0.39, 0.29) is 6.03 Å². The highest BCUT2D eigenvalue weighted by atomic mass is 16.5. The van der Waals surface area contributed by atoms with Gasteiger partial charge in [-0.3, -0.25) is 0 Å². The Balaban J connectivity index is 1.52. The summed E-state index contributed by atoms with van der Waals surface area (Å²) in [4.78, 5) is 18.5. The number of hydrogen-bond acceptors (Lipinski definition) is 4. The van der Waals surface area contributed by atoms with E-state index in [1.165, 1.54) is 11.1 Å². The molecule has 6 nitrogen and oxygen atoms in total. The maximum Gasteiger partial charge on any atom is 0.315 e. The van der Waals surface area contributed by atoms with Crippen molar-refractivity contribution in [1.29, 1.82) is 0 Å². The average molecular weight is 340 g/mol. The van der Waals surface area contributed by atoms with E-state index in [1.54, 1.807) is 7.11 Å². The summed E-state index contributed by atoms with van der Waals surface area (Å²) in [6.45, 7) is 3.32. The fraction of sp³-hybridized carbons (Fsp3) is 0.368. The van der Waals surface area contributed by atoms with Crippen LogP contribution in [0.1, 0.15) is 16.7 Å². The standard InChI is InChI=1S/C19H24N4O2/c1-25-11-9-20-19(24)22-13-15-6-7-18(21-12-15)23-10-8-16-4-2-3-5-17(16)14-23/h2-7,12H,8-11,13-14H2,1H3,(H2,20,22,24). The molecule has 6 heteroatoms. The molecule has 0 aliphatic carbocycles. The second-order valence-electron chi connectivity index (χ2n) is 6.07. The van der Waals surface area contributed by atoms with Crippen molar-refractivity contribution >= 4 is 11.8 Å². The van der Waals surface area contributed by atoms with Crippen molar-refractivity contribution in [3.8, 4) is 0 Å². The molecule has 0 unspecified atom stereocenters. The van der Waals surface area contributed by atoms with E-state index in [0.29, 0.717) is 19.7 Å². The van der Waals surface area contributed by atoms with Crippen LogP contribution in [0.4, 0.5) is 10.6 Å². The Morgan fingerprint density at radius 2 is 2.04 bits per heavy atom. The third-order valence-electron chi connectivity index (χ3n) is 4.31. The number of aromatic nitrogens is 1. The minimum Gasteiger partial charge on any atom is -0.383 e. The minimum absolute atomic E-state index is 0.200. The molecule has 132 valence electrons. The predicted molar refractivity (Wildman–Crippen MR) is 97.5 cm³/mol. The lowest BCUT2D eigenvalue weighted by atomic mass is 10.00. The fourth-order valence-electron chi connectivity index (χ4n) is 2.91. The van der Waals surface area contributed by atoms with Crippen LogP contribution in [0.3, 0.4) is 0 Å². The first kappa shape index (κ1) is 17.2. The van der Waals surface area contributed by atoms with Gasteiger partial charge >= 0.3 is 6.03 Å². The van der Waals surface area contributed by atoms with Gasteiger partial charge in [0.1, 0.15) is 5.82 Å². The predicted octanol–water partition coefficient (Wildman–Crippen LogP) is 2.09. The van der Waals surface area contributed by atoms with E-state index >= 15 is 0 Å². The van der Waals surface area contributed by atoms with E-state index in [2.05, 4.69) is 44.8 Å². The third kappa shape index (κ3) is 4.70. The van der Waals surface area contributed by atoms with Gasteiger partial charge in [-0.15, -0.1) is 0 Å². The van der Waals surface area contributed by atoms with Gasteiger partial charge in [-0.05, 0) is 29.2 Å². The summed E-state index contributed by atoms with van der Waals surface area (Å²) in [5.74, 6) is 0.975. The molecule has 3 rings (SSSR count). The summed E-state index contributed by atoms with van der Waals surface area (Å²) in [6.07, 6.45) is 2.87. The van der Waals surface area contributed by atoms with Gasteiger partial charge in [-0.1, -0.05) is 30.3 Å². The maximum atomic E-state index is 11.6. The van der Waals surface area contributed by atoms with Crippen LogP contribution in [0.15, 0.2) is 42.6 Å². The van der Waals surface area contributed by atoms with Crippen LogP contribution >= 0.6 is 0 Å². The van der Waals surface area contributed by atoms with Crippen molar-refractivity contribution in [2.24, 2.45) is 0 Å². The SMILES string of the molecule is COCCNC(=O)NCc1ccc(N2CCc3ccccc3C2)nc1. The van der Waals surface area contributed by atoms with Gasteiger partial charge in [0.15, 0.2) is 0 Å². The zero-order valence-electron chi connectivity index (χ0n) is 14.5. The summed E-state index contributed by atoms with van der Waals surface area (Å²) in [7, 11) is 1.60. The molecule has 0 saturated heterocycles. The summed E-state index contributed by atoms with van der Waals surface area (Å²) in [5, 5.41) is 5.53. The van der Waals surface area contributed by atoms with Crippen molar-refractivity contribution in [2.45, 2.75) is 19.5 Å². The zero-order valence-corrected chi connectivity index (χ0v) is 14.5. The smallest absolute Gasteiger partial charge is 0.315 e. The van der Waals surface area contributed by atoms with Gasteiger partial charge in [0.25, 0.3) is 0 Å². The van der Waals surface area contributed by atoms with E-state index in [0.717, 1.165) is 30.9 Å². The fourth-order valence-corrected chi connectivity index (χ4v) is 2.91. The van der Waals surface area contributed by atoms with Crippen LogP contribution in [0.2, 0.25) is 0 Å². The number of anilines is 1. The number of carbonyl (C=O) groups excluding carboxylic acids is 1. The first-order chi connectivity index (χ1) is 12.3. The Hall–Kier alpha value is -2.60. The molecule has 1 aliphatic heterocycles. The molecule has 1 aromatic heterocycles. The Labute approximate surface area is 148 Å². The highest BCUT2D eigenvalue weighted by Crippen LogP contribution is 2.22. The first-order valence-corrected chi connectivity index (χ1v) is 8.53. The molecule has 0 spiro atoms. The molecule has 2 aromatic rings. The molecule has 0 saturated carbocycles. The molecule has 0 bridgehead atoms. The Morgan fingerprint density at radius 3 is 2.80 bits per heavy atom. The number of urea groups is 1. The molecule has 1 aromatic carbocycles. The lowest BCUT2D eigenvalue weighted by Gasteiger charge is -2.29. The number of carbonyl (C=O) groups is 1. The quantitative estimate of drug-likeness (QED) is 0.790. The van der Waals surface area contributed by atoms with Gasteiger partial charge in [0.05, 0.1) is 6.61 Å². The number of nitrogens with zero attached hydrogens (tertiary/aromatic N) is 2. The lowest BCUT2D eigenvalue weighted by molar-refractivity contribution is 0.196. The van der Waals surface area contributed by atoms with Crippen molar-refractivity contribution in [3.05, 3.63) is 59.3 Å². The zero-order chi connectivity index (χ0) is 17.5. The van der Waals surface area contributed by atoms with Gasteiger partial charge in [-0.25, -0.2) is 9.78 Å². The summed E-state index contributed by atoms with van der Waals surface area (Å²) >= 11 is 0. The number of fused-ring (bicyclic) bond motifs is 1. The number of methoxy groups -OCH3 is 1. The number of rotatable bonds is 6. The van der Waals surface area contributed by atoms with Crippen LogP contribution in [0.5, 0.6) is 0 Å². The molecule has 0 atom stereocenters. The normalized spacial score (nSPS) is 13.2. The number of ether oxygens (including phenoxy) is 1. The first-order valence-electron chi connectivity index (χ1n) is 8.53. The Morgan fingerprint density at radius 1 is 1.20 bits per heavy atom. The monoisotopic (exact) mass is 340 g/mol. The van der Waals surface area contributed by atoms with Gasteiger partial charge in [0.2, 0.25) is 0 Å². The Bertz CT molecular complexity index is 703. The molecule has 0 radical (unpaired) electrons. The third-order valence-corrected chi connectivity index (χ3v) is 4.31. The van der Waals surface area contributed by atoms with Crippen molar-refractivity contribution < 1.29 is 9.53 Å². The largest absolute Gasteiger partial charge is 0.383 e. The molecular formula is C19H24N4O2. The van der Waals surface area contributed by atoms with Gasteiger partial charge in [-0.2, -0.15) is 0 Å². The number of benzene rings is 1. The van der Waals surface area contributed by atoms with Crippen LogP contribution in [0.25, 0.3) is 0 Å². The highest BCUT2D eigenvalue weighted by molar-refractivity contribution is 5.73. The number of nitrogens with one attached hydrogen (secondary N) is 2. The summed E-state index contributed by atoms with van der Waals surface area (Å²) in [5.41, 5.74) is 3.77. The highest BCUT2D eigenvalue weighted by Gasteiger charge is 2.16. The molecule has 0 fully saturated rings. The van der Waals surface area contributed by atoms with Gasteiger partial charge < -0.3 is 20.3 Å². The van der Waals surface area contributed by atoms with E-state index in [4.69, 9.17) is 4.74 Å². The summed E-state index contributed by atoms with van der Waals surface area (Å²) in [6, 6.07) is 12.4. The molecule has 2 heterocycles. The average Bonchev–Trinajstić information content (AvgIpc) is 2.66. The van der Waals surface area contributed by atoms with Crippen LogP contribution in [-0.4, -0.2) is 37.8 Å². The summed E-state index contributed by atoms with van der Waals surface area (Å²) < 4.78 is 4.89. The van der Waals surface area contributed by atoms with Gasteiger partial charge in [0, 0.05) is 39.5 Å². The number of amides is 2. The lowest BCUT2D eigenvalue weighted by Crippen LogP contribution is -2.36. The number of pyridine rings is 1.